The van der Waals surface area contributed by atoms with Gasteiger partial charge in [-0.3, -0.25) is 14.4 Å². The molecule has 0 aliphatic carbocycles. The minimum Gasteiger partial charge on any atom is -0.481 e. The lowest BCUT2D eigenvalue weighted by Gasteiger charge is -2.09. The Hall–Kier alpha value is -3.13. The van der Waals surface area contributed by atoms with Gasteiger partial charge < -0.3 is 53.6 Å². The van der Waals surface area contributed by atoms with E-state index in [0.29, 0.717) is 123 Å². The van der Waals surface area contributed by atoms with Crippen LogP contribution in [0.1, 0.15) is 28.8 Å². The molecular formula is C31H48N2O12. The average Bonchev–Trinajstić information content (AvgIpc) is 3.04. The van der Waals surface area contributed by atoms with Gasteiger partial charge in [-0.1, -0.05) is 12.0 Å². The number of rotatable bonds is 31. The maximum Gasteiger partial charge on any atom is 0.305 e. The van der Waals surface area contributed by atoms with E-state index in [2.05, 4.69) is 16.6 Å². The van der Waals surface area contributed by atoms with Gasteiger partial charge in [0.15, 0.2) is 0 Å². The van der Waals surface area contributed by atoms with Crippen LogP contribution in [-0.2, 0) is 47.5 Å². The highest BCUT2D eigenvalue weighted by Crippen LogP contribution is 2.03. The minimum absolute atomic E-state index is 0.0195. The van der Waals surface area contributed by atoms with Crippen LogP contribution in [0.5, 0.6) is 0 Å². The van der Waals surface area contributed by atoms with Crippen molar-refractivity contribution in [3.05, 3.63) is 35.4 Å². The van der Waals surface area contributed by atoms with Gasteiger partial charge in [0, 0.05) is 30.6 Å². The normalized spacial score (nSPS) is 10.8. The smallest absolute Gasteiger partial charge is 0.305 e. The average molecular weight is 641 g/mol. The van der Waals surface area contributed by atoms with Gasteiger partial charge >= 0.3 is 5.97 Å². The monoisotopic (exact) mass is 640 g/mol. The third kappa shape index (κ3) is 25.9. The molecule has 0 bridgehead atoms. The molecule has 0 spiro atoms. The van der Waals surface area contributed by atoms with Crippen LogP contribution in [0.3, 0.4) is 0 Å². The number of hydrogen-bond acceptors (Lipinski definition) is 11. The molecule has 0 radical (unpaired) electrons. The number of ether oxygens (including phenoxy) is 8. The van der Waals surface area contributed by atoms with Crippen molar-refractivity contribution in [1.29, 1.82) is 0 Å². The topological polar surface area (TPSA) is 169 Å². The molecule has 0 fully saturated rings. The summed E-state index contributed by atoms with van der Waals surface area (Å²) in [5, 5.41) is 14.0. The lowest BCUT2D eigenvalue weighted by molar-refractivity contribution is -0.138. The van der Waals surface area contributed by atoms with E-state index in [1.54, 1.807) is 24.3 Å². The summed E-state index contributed by atoms with van der Waals surface area (Å²) in [6.07, 6.45) is 5.58. The standard InChI is InChI=1S/C31H48N2O12/c1-2-27-4-3-5-28(26-27)31(37)33-9-13-41-17-21-45-24-22-42-18-14-38-10-6-29(34)32-8-12-40-16-20-44-25-23-43-19-15-39-11-7-30(35)36/h1,3-5,26H,6-25H2,(H,32,34)(H,33,37)(H,35,36). The number of carbonyl (C=O) groups excluding carboxylic acids is 2. The number of nitrogens with one attached hydrogen (secondary N) is 2. The van der Waals surface area contributed by atoms with E-state index in [9.17, 15) is 14.4 Å². The van der Waals surface area contributed by atoms with Crippen molar-refractivity contribution in [3.63, 3.8) is 0 Å². The van der Waals surface area contributed by atoms with E-state index in [-0.39, 0.29) is 31.3 Å². The SMILES string of the molecule is C#Cc1cccc(C(=O)NCCOCCOCCOCCOCCC(=O)NCCOCCOCCOCCOCCC(=O)O)c1. The number of carboxylic acid groups (broad SMARTS) is 1. The molecule has 0 saturated heterocycles. The Kier molecular flexibility index (Phi) is 26.2. The van der Waals surface area contributed by atoms with Gasteiger partial charge in [-0.2, -0.15) is 0 Å². The quantitative estimate of drug-likeness (QED) is 0.0761. The molecule has 2 amide bonds. The maximum absolute atomic E-state index is 12.1. The van der Waals surface area contributed by atoms with E-state index in [0.717, 1.165) is 0 Å². The van der Waals surface area contributed by atoms with Gasteiger partial charge in [0.1, 0.15) is 0 Å². The van der Waals surface area contributed by atoms with Gasteiger partial charge in [-0.05, 0) is 18.2 Å². The van der Waals surface area contributed by atoms with Crippen LogP contribution in [-0.4, -0.2) is 142 Å². The third-order valence-electron chi connectivity index (χ3n) is 5.56. The first kappa shape index (κ1) is 39.9. The molecule has 0 saturated carbocycles. The number of carbonyl (C=O) groups is 3. The molecule has 45 heavy (non-hydrogen) atoms. The second-order valence-corrected chi connectivity index (χ2v) is 9.12. The van der Waals surface area contributed by atoms with Gasteiger partial charge in [0.2, 0.25) is 5.91 Å². The van der Waals surface area contributed by atoms with Crippen LogP contribution in [0.4, 0.5) is 0 Å². The highest BCUT2D eigenvalue weighted by Gasteiger charge is 2.05. The summed E-state index contributed by atoms with van der Waals surface area (Å²) in [6, 6.07) is 6.88. The largest absolute Gasteiger partial charge is 0.481 e. The fourth-order valence-corrected chi connectivity index (χ4v) is 3.29. The zero-order valence-electron chi connectivity index (χ0n) is 26.0. The Bertz CT molecular complexity index is 957. The first-order valence-corrected chi connectivity index (χ1v) is 15.0. The first-order chi connectivity index (χ1) is 22.0. The summed E-state index contributed by atoms with van der Waals surface area (Å²) in [7, 11) is 0. The molecule has 1 rings (SSSR count). The molecule has 0 aromatic heterocycles. The molecule has 0 atom stereocenters. The Labute approximate surface area is 265 Å². The van der Waals surface area contributed by atoms with Crippen LogP contribution in [0.15, 0.2) is 24.3 Å². The van der Waals surface area contributed by atoms with Crippen LogP contribution in [0.2, 0.25) is 0 Å². The van der Waals surface area contributed by atoms with Crippen LogP contribution < -0.4 is 10.6 Å². The molecule has 1 aromatic rings. The molecule has 1 aromatic carbocycles. The molecule has 14 heteroatoms. The maximum atomic E-state index is 12.1. The number of terminal acetylenes is 1. The highest BCUT2D eigenvalue weighted by molar-refractivity contribution is 5.94. The Morgan fingerprint density at radius 2 is 1.02 bits per heavy atom. The van der Waals surface area contributed by atoms with Gasteiger partial charge in [-0.15, -0.1) is 6.42 Å². The van der Waals surface area contributed by atoms with Gasteiger partial charge in [-0.25, -0.2) is 0 Å². The summed E-state index contributed by atoms with van der Waals surface area (Å²) in [4.78, 5) is 34.2. The van der Waals surface area contributed by atoms with Crippen LogP contribution in [0, 0.1) is 12.3 Å². The molecule has 0 heterocycles. The minimum atomic E-state index is -0.889. The molecule has 3 N–H and O–H groups in total. The predicted molar refractivity (Wildman–Crippen MR) is 163 cm³/mol. The van der Waals surface area contributed by atoms with E-state index >= 15 is 0 Å². The van der Waals surface area contributed by atoms with Crippen molar-refractivity contribution in [2.24, 2.45) is 0 Å². The second kappa shape index (κ2) is 29.6. The molecule has 0 aliphatic heterocycles. The number of carboxylic acids is 1. The van der Waals surface area contributed by atoms with Gasteiger partial charge in [0.05, 0.1) is 112 Å². The van der Waals surface area contributed by atoms with Crippen molar-refractivity contribution >= 4 is 17.8 Å². The third-order valence-corrected chi connectivity index (χ3v) is 5.56. The van der Waals surface area contributed by atoms with E-state index in [1.165, 1.54) is 0 Å². The predicted octanol–water partition coefficient (Wildman–Crippen LogP) is 0.512. The lowest BCUT2D eigenvalue weighted by atomic mass is 10.1. The number of amides is 2. The number of hydrogen-bond donors (Lipinski definition) is 3. The summed E-state index contributed by atoms with van der Waals surface area (Å²) < 4.78 is 42.9. The Morgan fingerprint density at radius 1 is 0.600 bits per heavy atom. The summed E-state index contributed by atoms with van der Waals surface area (Å²) in [5.74, 6) is 1.30. The van der Waals surface area contributed by atoms with E-state index < -0.39 is 5.97 Å². The molecule has 254 valence electrons. The fraction of sp³-hybridized carbons (Fsp3) is 0.645. The number of benzene rings is 1. The second-order valence-electron chi connectivity index (χ2n) is 9.12. The molecule has 14 nitrogen and oxygen atoms in total. The van der Waals surface area contributed by atoms with E-state index in [4.69, 9.17) is 49.4 Å². The zero-order chi connectivity index (χ0) is 32.6. The lowest BCUT2D eigenvalue weighted by Crippen LogP contribution is -2.28. The van der Waals surface area contributed by atoms with Crippen molar-refractivity contribution in [2.45, 2.75) is 12.8 Å². The van der Waals surface area contributed by atoms with Gasteiger partial charge in [0.25, 0.3) is 5.91 Å². The fourth-order valence-electron chi connectivity index (χ4n) is 3.29. The summed E-state index contributed by atoms with van der Waals surface area (Å²) in [6.45, 7) is 6.81. The molecule has 0 unspecified atom stereocenters. The molecular weight excluding hydrogens is 592 g/mol. The highest BCUT2D eigenvalue weighted by atomic mass is 16.6. The van der Waals surface area contributed by atoms with Crippen LogP contribution >= 0.6 is 0 Å². The van der Waals surface area contributed by atoms with Crippen LogP contribution in [0.25, 0.3) is 0 Å². The van der Waals surface area contributed by atoms with Crippen molar-refractivity contribution in [3.8, 4) is 12.3 Å². The van der Waals surface area contributed by atoms with Crippen molar-refractivity contribution < 1.29 is 57.4 Å². The van der Waals surface area contributed by atoms with E-state index in [1.807, 2.05) is 0 Å². The summed E-state index contributed by atoms with van der Waals surface area (Å²) in [5.41, 5.74) is 1.17. The summed E-state index contributed by atoms with van der Waals surface area (Å²) >= 11 is 0. The zero-order valence-corrected chi connectivity index (χ0v) is 26.0. The Morgan fingerprint density at radius 3 is 1.49 bits per heavy atom. The Balaban J connectivity index is 1.74. The number of aliphatic carboxylic acids is 1. The first-order valence-electron chi connectivity index (χ1n) is 15.0. The van der Waals surface area contributed by atoms with Crippen molar-refractivity contribution in [2.75, 3.05) is 119 Å². The van der Waals surface area contributed by atoms with Crippen molar-refractivity contribution in [1.82, 2.24) is 10.6 Å². The molecule has 0 aliphatic rings.